The molecule has 1 atom stereocenters. The summed E-state index contributed by atoms with van der Waals surface area (Å²) >= 11 is 5.88. The molecule has 0 spiro atoms. The summed E-state index contributed by atoms with van der Waals surface area (Å²) in [5.41, 5.74) is 0.446. The third kappa shape index (κ3) is 2.52. The van der Waals surface area contributed by atoms with E-state index in [1.54, 1.807) is 24.3 Å². The molecule has 0 aliphatic rings. The second-order valence-corrected chi connectivity index (χ2v) is 3.40. The van der Waals surface area contributed by atoms with E-state index in [2.05, 4.69) is 4.74 Å². The number of carbonyl (C=O) groups is 2. The third-order valence-corrected chi connectivity index (χ3v) is 2.46. The van der Waals surface area contributed by atoms with E-state index in [1.165, 1.54) is 7.11 Å². The summed E-state index contributed by atoms with van der Waals surface area (Å²) in [6.07, 6.45) is 0. The van der Waals surface area contributed by atoms with Crippen molar-refractivity contribution in [2.24, 2.45) is 0 Å². The Kier molecular flexibility index (Phi) is 4.31. The summed E-state index contributed by atoms with van der Waals surface area (Å²) in [5, 5.41) is -1.09. The molecule has 1 aromatic carbocycles. The van der Waals surface area contributed by atoms with Gasteiger partial charge in [0, 0.05) is 5.56 Å². The molecule has 0 radical (unpaired) electrons. The number of alkyl halides is 1. The van der Waals surface area contributed by atoms with Crippen LogP contribution in [0.3, 0.4) is 0 Å². The van der Waals surface area contributed by atoms with Gasteiger partial charge in [-0.3, -0.25) is 4.79 Å². The summed E-state index contributed by atoms with van der Waals surface area (Å²) in [7, 11) is 2.59. The maximum atomic E-state index is 11.5. The quantitative estimate of drug-likeness (QED) is 0.458. The molecule has 0 aromatic heterocycles. The van der Waals surface area contributed by atoms with Crippen molar-refractivity contribution in [3.8, 4) is 5.75 Å². The molecule has 0 fully saturated rings. The van der Waals surface area contributed by atoms with Gasteiger partial charge in [-0.05, 0) is 6.07 Å². The van der Waals surface area contributed by atoms with Crippen molar-refractivity contribution in [2.45, 2.75) is 5.38 Å². The average molecular weight is 243 g/mol. The zero-order chi connectivity index (χ0) is 12.1. The molecule has 0 aliphatic carbocycles. The average Bonchev–Trinajstić information content (AvgIpc) is 2.35. The van der Waals surface area contributed by atoms with Crippen LogP contribution in [0.25, 0.3) is 0 Å². The molecule has 1 aromatic rings. The van der Waals surface area contributed by atoms with Gasteiger partial charge in [-0.1, -0.05) is 18.2 Å². The number of carbonyl (C=O) groups excluding carboxylic acids is 2. The van der Waals surface area contributed by atoms with Crippen LogP contribution in [0.2, 0.25) is 0 Å². The number of methoxy groups -OCH3 is 2. The molecule has 0 amide bonds. The zero-order valence-corrected chi connectivity index (χ0v) is 9.65. The zero-order valence-electron chi connectivity index (χ0n) is 8.90. The van der Waals surface area contributed by atoms with Crippen molar-refractivity contribution in [3.63, 3.8) is 0 Å². The molecule has 0 aliphatic heterocycles. The van der Waals surface area contributed by atoms with Crippen LogP contribution in [0, 0.1) is 0 Å². The Morgan fingerprint density at radius 2 is 1.88 bits per heavy atom. The number of hydrogen-bond acceptors (Lipinski definition) is 4. The molecular weight excluding hydrogens is 232 g/mol. The van der Waals surface area contributed by atoms with Crippen molar-refractivity contribution in [1.82, 2.24) is 0 Å². The monoisotopic (exact) mass is 242 g/mol. The lowest BCUT2D eigenvalue weighted by Crippen LogP contribution is -2.20. The Bertz CT molecular complexity index is 403. The molecule has 0 saturated heterocycles. The second-order valence-electron chi connectivity index (χ2n) is 2.96. The van der Waals surface area contributed by atoms with Gasteiger partial charge in [0.1, 0.15) is 11.1 Å². The van der Waals surface area contributed by atoms with Crippen LogP contribution >= 0.6 is 11.6 Å². The summed E-state index contributed by atoms with van der Waals surface area (Å²) in [5.74, 6) is -1.32. The van der Waals surface area contributed by atoms with E-state index in [-0.39, 0.29) is 0 Å². The minimum atomic E-state index is -1.09. The van der Waals surface area contributed by atoms with Crippen LogP contribution < -0.4 is 4.74 Å². The van der Waals surface area contributed by atoms with E-state index < -0.39 is 17.1 Å². The van der Waals surface area contributed by atoms with Gasteiger partial charge >= 0.3 is 5.97 Å². The lowest BCUT2D eigenvalue weighted by molar-refractivity contribution is -0.151. The highest BCUT2D eigenvalue weighted by molar-refractivity contribution is 6.47. The number of para-hydroxylation sites is 1. The van der Waals surface area contributed by atoms with Gasteiger partial charge in [-0.25, -0.2) is 4.79 Å². The Hall–Kier alpha value is -1.55. The first-order valence-corrected chi connectivity index (χ1v) is 4.94. The largest absolute Gasteiger partial charge is 0.496 e. The number of Topliss-reactive ketones (excluding diaryl/α,β-unsaturated/α-hetero) is 1. The number of esters is 1. The molecule has 0 heterocycles. The van der Waals surface area contributed by atoms with Gasteiger partial charge in [-0.2, -0.15) is 0 Å². The highest BCUT2D eigenvalue weighted by Gasteiger charge is 2.27. The van der Waals surface area contributed by atoms with Gasteiger partial charge in [-0.15, -0.1) is 11.6 Å². The minimum Gasteiger partial charge on any atom is -0.496 e. The van der Waals surface area contributed by atoms with Crippen LogP contribution in [-0.4, -0.2) is 26.0 Å². The van der Waals surface area contributed by atoms with E-state index in [4.69, 9.17) is 16.3 Å². The van der Waals surface area contributed by atoms with Gasteiger partial charge in [0.15, 0.2) is 0 Å². The number of ether oxygens (including phenoxy) is 2. The summed E-state index contributed by atoms with van der Waals surface area (Å²) in [6.45, 7) is 0. The lowest BCUT2D eigenvalue weighted by Gasteiger charge is -2.11. The van der Waals surface area contributed by atoms with Gasteiger partial charge in [0.2, 0.25) is 0 Å². The first-order chi connectivity index (χ1) is 7.61. The van der Waals surface area contributed by atoms with Crippen molar-refractivity contribution in [2.75, 3.05) is 14.2 Å². The minimum absolute atomic E-state index is 0.446. The highest BCUT2D eigenvalue weighted by atomic mass is 35.5. The van der Waals surface area contributed by atoms with Crippen LogP contribution in [0.1, 0.15) is 10.9 Å². The Labute approximate surface area is 98.1 Å². The first kappa shape index (κ1) is 12.5. The molecule has 0 saturated carbocycles. The fraction of sp³-hybridized carbons (Fsp3) is 0.273. The molecule has 16 heavy (non-hydrogen) atoms. The molecule has 5 heteroatoms. The summed E-state index contributed by atoms with van der Waals surface area (Å²) in [6, 6.07) is 6.74. The Morgan fingerprint density at radius 3 is 2.44 bits per heavy atom. The van der Waals surface area contributed by atoms with Crippen LogP contribution in [-0.2, 0) is 14.3 Å². The van der Waals surface area contributed by atoms with E-state index in [0.29, 0.717) is 11.3 Å². The van der Waals surface area contributed by atoms with Gasteiger partial charge < -0.3 is 9.47 Å². The molecular formula is C11H11ClO4. The normalized spacial score (nSPS) is 11.7. The summed E-state index contributed by atoms with van der Waals surface area (Å²) < 4.78 is 9.36. The lowest BCUT2D eigenvalue weighted by atomic mass is 10.1. The number of hydrogen-bond donors (Lipinski definition) is 0. The standard InChI is InChI=1S/C11H11ClO4/c1-15-8-6-4-3-5-7(8)9(12)10(13)11(14)16-2/h3-6,9H,1-2H3. The van der Waals surface area contributed by atoms with Gasteiger partial charge in [0.25, 0.3) is 5.78 Å². The van der Waals surface area contributed by atoms with Crippen molar-refractivity contribution >= 4 is 23.4 Å². The van der Waals surface area contributed by atoms with Gasteiger partial charge in [0.05, 0.1) is 14.2 Å². The number of halogens is 1. The van der Waals surface area contributed by atoms with Crippen molar-refractivity contribution in [3.05, 3.63) is 29.8 Å². The smallest absolute Gasteiger partial charge is 0.376 e. The van der Waals surface area contributed by atoms with E-state index in [0.717, 1.165) is 7.11 Å². The van der Waals surface area contributed by atoms with Crippen LogP contribution in [0.5, 0.6) is 5.75 Å². The molecule has 86 valence electrons. The third-order valence-electron chi connectivity index (χ3n) is 2.03. The second kappa shape index (κ2) is 5.51. The summed E-state index contributed by atoms with van der Waals surface area (Å²) in [4.78, 5) is 22.5. The fourth-order valence-electron chi connectivity index (χ4n) is 1.22. The molecule has 1 unspecified atom stereocenters. The number of benzene rings is 1. The van der Waals surface area contributed by atoms with Crippen LogP contribution in [0.4, 0.5) is 0 Å². The topological polar surface area (TPSA) is 52.6 Å². The predicted molar refractivity (Wildman–Crippen MR) is 58.6 cm³/mol. The Balaban J connectivity index is 3.00. The van der Waals surface area contributed by atoms with Crippen molar-refractivity contribution < 1.29 is 19.1 Å². The molecule has 0 bridgehead atoms. The predicted octanol–water partition coefficient (Wildman–Crippen LogP) is 1.72. The maximum Gasteiger partial charge on any atom is 0.376 e. The maximum absolute atomic E-state index is 11.5. The van der Waals surface area contributed by atoms with Crippen LogP contribution in [0.15, 0.2) is 24.3 Å². The molecule has 4 nitrogen and oxygen atoms in total. The highest BCUT2D eigenvalue weighted by Crippen LogP contribution is 2.30. The Morgan fingerprint density at radius 1 is 1.25 bits per heavy atom. The molecule has 1 rings (SSSR count). The van der Waals surface area contributed by atoms with E-state index in [1.807, 2.05) is 0 Å². The number of ketones is 1. The number of rotatable bonds is 4. The van der Waals surface area contributed by atoms with Crippen molar-refractivity contribution in [1.29, 1.82) is 0 Å². The fourth-order valence-corrected chi connectivity index (χ4v) is 1.49. The van der Waals surface area contributed by atoms with E-state index in [9.17, 15) is 9.59 Å². The SMILES string of the molecule is COC(=O)C(=O)C(Cl)c1ccccc1OC. The van der Waals surface area contributed by atoms with E-state index >= 15 is 0 Å². The first-order valence-electron chi connectivity index (χ1n) is 4.51. The molecule has 0 N–H and O–H groups in total.